The lowest BCUT2D eigenvalue weighted by Gasteiger charge is -2.05. The van der Waals surface area contributed by atoms with Gasteiger partial charge < -0.3 is 10.1 Å². The highest BCUT2D eigenvalue weighted by Crippen LogP contribution is 2.22. The van der Waals surface area contributed by atoms with E-state index in [9.17, 15) is 0 Å². The summed E-state index contributed by atoms with van der Waals surface area (Å²) in [6.07, 6.45) is 5.10. The first-order valence-electron chi connectivity index (χ1n) is 8.00. The number of rotatable bonds is 11. The van der Waals surface area contributed by atoms with Gasteiger partial charge in [-0.15, -0.1) is 11.3 Å². The Balaban J connectivity index is 2.23. The van der Waals surface area contributed by atoms with Gasteiger partial charge in [-0.25, -0.2) is 0 Å². The van der Waals surface area contributed by atoms with E-state index < -0.39 is 0 Å². The largest absolute Gasteiger partial charge is 0.377 e. The number of thiophene rings is 1. The zero-order valence-corrected chi connectivity index (χ0v) is 14.4. The van der Waals surface area contributed by atoms with Gasteiger partial charge in [0.15, 0.2) is 0 Å². The van der Waals surface area contributed by atoms with Crippen molar-refractivity contribution in [3.05, 3.63) is 21.4 Å². The van der Waals surface area contributed by atoms with E-state index in [1.54, 1.807) is 0 Å². The highest BCUT2D eigenvalue weighted by atomic mass is 32.1. The molecule has 0 amide bonds. The number of aryl methyl sites for hydroxylation is 1. The van der Waals surface area contributed by atoms with Crippen molar-refractivity contribution in [3.63, 3.8) is 0 Å². The number of nitrogens with one attached hydrogen (secondary N) is 1. The summed E-state index contributed by atoms with van der Waals surface area (Å²) in [6, 6.07) is 2.30. The smallest absolute Gasteiger partial charge is 0.0727 e. The molecular formula is C17H31NOS. The molecule has 0 bridgehead atoms. The Hall–Kier alpha value is -0.380. The fourth-order valence-electron chi connectivity index (χ4n) is 2.12. The molecule has 1 heterocycles. The lowest BCUT2D eigenvalue weighted by molar-refractivity contribution is 0.116. The first-order chi connectivity index (χ1) is 9.63. The normalized spacial score (nSPS) is 11.4. The van der Waals surface area contributed by atoms with Gasteiger partial charge in [0, 0.05) is 22.9 Å². The minimum atomic E-state index is 0.710. The van der Waals surface area contributed by atoms with Crippen LogP contribution in [0.5, 0.6) is 0 Å². The van der Waals surface area contributed by atoms with Crippen LogP contribution < -0.4 is 5.32 Å². The second kappa shape index (κ2) is 10.4. The molecule has 0 aliphatic heterocycles. The first-order valence-corrected chi connectivity index (χ1v) is 8.81. The molecule has 2 nitrogen and oxygen atoms in total. The fourth-order valence-corrected chi connectivity index (χ4v) is 3.13. The van der Waals surface area contributed by atoms with E-state index in [4.69, 9.17) is 4.74 Å². The van der Waals surface area contributed by atoms with Crippen LogP contribution in [0.25, 0.3) is 0 Å². The Kier molecular flexibility index (Phi) is 9.16. The first kappa shape index (κ1) is 17.7. The molecule has 0 aliphatic carbocycles. The summed E-state index contributed by atoms with van der Waals surface area (Å²) >= 11 is 1.90. The van der Waals surface area contributed by atoms with Crippen LogP contribution in [0.3, 0.4) is 0 Å². The van der Waals surface area contributed by atoms with Gasteiger partial charge in [0.2, 0.25) is 0 Å². The van der Waals surface area contributed by atoms with Gasteiger partial charge in [0.05, 0.1) is 6.61 Å². The molecule has 1 aromatic heterocycles. The zero-order valence-electron chi connectivity index (χ0n) is 13.6. The SMILES string of the molecule is CCCCCCOCc1cc(CNCC(C)C)sc1C. The monoisotopic (exact) mass is 297 g/mol. The van der Waals surface area contributed by atoms with E-state index in [0.29, 0.717) is 5.92 Å². The lowest BCUT2D eigenvalue weighted by Crippen LogP contribution is -2.18. The topological polar surface area (TPSA) is 21.3 Å². The summed E-state index contributed by atoms with van der Waals surface area (Å²) < 4.78 is 5.79. The molecule has 0 saturated heterocycles. The number of hydrogen-bond donors (Lipinski definition) is 1. The molecule has 0 fully saturated rings. The molecule has 0 atom stereocenters. The zero-order chi connectivity index (χ0) is 14.8. The summed E-state index contributed by atoms with van der Waals surface area (Å²) in [5, 5.41) is 3.50. The highest BCUT2D eigenvalue weighted by molar-refractivity contribution is 7.12. The van der Waals surface area contributed by atoms with Gasteiger partial charge in [0.25, 0.3) is 0 Å². The van der Waals surface area contributed by atoms with E-state index in [1.807, 2.05) is 11.3 Å². The van der Waals surface area contributed by atoms with E-state index in [-0.39, 0.29) is 0 Å². The van der Waals surface area contributed by atoms with Crippen LogP contribution >= 0.6 is 11.3 Å². The van der Waals surface area contributed by atoms with Crippen LogP contribution in [0, 0.1) is 12.8 Å². The molecule has 3 heteroatoms. The molecule has 20 heavy (non-hydrogen) atoms. The summed E-state index contributed by atoms with van der Waals surface area (Å²) in [5.41, 5.74) is 1.37. The maximum atomic E-state index is 5.79. The van der Waals surface area contributed by atoms with Gasteiger partial charge in [0.1, 0.15) is 0 Å². The van der Waals surface area contributed by atoms with Crippen LogP contribution in [0.1, 0.15) is 61.8 Å². The third-order valence-corrected chi connectivity index (χ3v) is 4.42. The van der Waals surface area contributed by atoms with Crippen LogP contribution in [0.15, 0.2) is 6.07 Å². The lowest BCUT2D eigenvalue weighted by atomic mass is 10.2. The maximum absolute atomic E-state index is 5.79. The Labute approximate surface area is 128 Å². The van der Waals surface area contributed by atoms with Crippen LogP contribution in [-0.2, 0) is 17.9 Å². The van der Waals surface area contributed by atoms with Crippen molar-refractivity contribution < 1.29 is 4.74 Å². The van der Waals surface area contributed by atoms with Crippen molar-refractivity contribution in [2.24, 2.45) is 5.92 Å². The predicted molar refractivity (Wildman–Crippen MR) is 89.4 cm³/mol. The number of hydrogen-bond acceptors (Lipinski definition) is 3. The summed E-state index contributed by atoms with van der Waals surface area (Å²) in [5.74, 6) is 0.710. The van der Waals surface area contributed by atoms with Crippen molar-refractivity contribution >= 4 is 11.3 Å². The van der Waals surface area contributed by atoms with Gasteiger partial charge in [-0.1, -0.05) is 40.0 Å². The average molecular weight is 298 g/mol. The Morgan fingerprint density at radius 3 is 2.75 bits per heavy atom. The molecule has 1 aromatic rings. The molecular weight excluding hydrogens is 266 g/mol. The van der Waals surface area contributed by atoms with Crippen molar-refractivity contribution in [2.45, 2.75) is 66.5 Å². The average Bonchev–Trinajstić information content (AvgIpc) is 2.74. The standard InChI is InChI=1S/C17H31NOS/c1-5-6-7-8-9-19-13-16-10-17(20-15(16)4)12-18-11-14(2)3/h10,14,18H,5-9,11-13H2,1-4H3. The maximum Gasteiger partial charge on any atom is 0.0727 e. The van der Waals surface area contributed by atoms with E-state index in [2.05, 4.69) is 39.1 Å². The van der Waals surface area contributed by atoms with Crippen LogP contribution in [0.4, 0.5) is 0 Å². The molecule has 0 saturated carbocycles. The number of unbranched alkanes of at least 4 members (excludes halogenated alkanes) is 3. The van der Waals surface area contributed by atoms with Gasteiger partial charge in [-0.05, 0) is 37.4 Å². The van der Waals surface area contributed by atoms with Crippen LogP contribution in [0.2, 0.25) is 0 Å². The Morgan fingerprint density at radius 2 is 2.05 bits per heavy atom. The molecule has 116 valence electrons. The molecule has 0 unspecified atom stereocenters. The molecule has 0 radical (unpaired) electrons. The summed E-state index contributed by atoms with van der Waals surface area (Å²) in [4.78, 5) is 2.83. The second-order valence-electron chi connectivity index (χ2n) is 5.93. The molecule has 0 aliphatic rings. The predicted octanol–water partition coefficient (Wildman–Crippen LogP) is 4.90. The quantitative estimate of drug-likeness (QED) is 0.587. The molecule has 0 spiro atoms. The minimum absolute atomic E-state index is 0.710. The van der Waals surface area contributed by atoms with Gasteiger partial charge in [-0.3, -0.25) is 0 Å². The van der Waals surface area contributed by atoms with Crippen molar-refractivity contribution in [3.8, 4) is 0 Å². The molecule has 0 aromatic carbocycles. The van der Waals surface area contributed by atoms with Gasteiger partial charge in [-0.2, -0.15) is 0 Å². The highest BCUT2D eigenvalue weighted by Gasteiger charge is 2.05. The Bertz CT molecular complexity index is 360. The van der Waals surface area contributed by atoms with E-state index in [1.165, 1.54) is 41.0 Å². The molecule has 1 N–H and O–H groups in total. The molecule has 1 rings (SSSR count). The minimum Gasteiger partial charge on any atom is -0.377 e. The number of ether oxygens (including phenoxy) is 1. The van der Waals surface area contributed by atoms with Crippen LogP contribution in [-0.4, -0.2) is 13.2 Å². The van der Waals surface area contributed by atoms with Crippen molar-refractivity contribution in [2.75, 3.05) is 13.2 Å². The second-order valence-corrected chi connectivity index (χ2v) is 7.27. The van der Waals surface area contributed by atoms with Crippen molar-refractivity contribution in [1.82, 2.24) is 5.32 Å². The fraction of sp³-hybridized carbons (Fsp3) is 0.765. The summed E-state index contributed by atoms with van der Waals surface area (Å²) in [7, 11) is 0. The summed E-state index contributed by atoms with van der Waals surface area (Å²) in [6.45, 7) is 12.7. The van der Waals surface area contributed by atoms with E-state index in [0.717, 1.165) is 26.3 Å². The third-order valence-electron chi connectivity index (χ3n) is 3.32. The van der Waals surface area contributed by atoms with Crippen molar-refractivity contribution in [1.29, 1.82) is 0 Å². The van der Waals surface area contributed by atoms with Gasteiger partial charge >= 0.3 is 0 Å². The third kappa shape index (κ3) is 7.41. The Morgan fingerprint density at radius 1 is 1.25 bits per heavy atom. The van der Waals surface area contributed by atoms with E-state index >= 15 is 0 Å².